The van der Waals surface area contributed by atoms with Crippen LogP contribution in [0.4, 0.5) is 68.2 Å². The molecule has 112 heavy (non-hydrogen) atoms. The number of aromatic nitrogens is 4. The van der Waals surface area contributed by atoms with E-state index in [9.17, 15) is 20.4 Å². The van der Waals surface area contributed by atoms with Gasteiger partial charge in [0.15, 0.2) is 0 Å². The average molecular weight is 1470 g/mol. The second-order valence-electron chi connectivity index (χ2n) is 28.1. The molecule has 0 saturated carbocycles. The highest BCUT2D eigenvalue weighted by Crippen LogP contribution is 2.46. The van der Waals surface area contributed by atoms with E-state index in [1.807, 2.05) is 84.9 Å². The number of hydrogen-bond donors (Lipinski definition) is 4. The van der Waals surface area contributed by atoms with E-state index in [1.54, 1.807) is 21.3 Å². The zero-order valence-electron chi connectivity index (χ0n) is 62.6. The van der Waals surface area contributed by atoms with E-state index in [0.717, 1.165) is 174 Å². The number of aliphatic hydroxyl groups is 4. The predicted molar refractivity (Wildman–Crippen MR) is 451 cm³/mol. The van der Waals surface area contributed by atoms with Crippen molar-refractivity contribution < 1.29 is 39.2 Å². The molecule has 0 aliphatic rings. The second kappa shape index (κ2) is 31.1. The number of methoxy groups -OCH3 is 3. The van der Waals surface area contributed by atoms with E-state index in [4.69, 9.17) is 14.2 Å². The van der Waals surface area contributed by atoms with E-state index in [0.29, 0.717) is 13.1 Å². The summed E-state index contributed by atoms with van der Waals surface area (Å²) in [5.41, 5.74) is 24.7. The smallest absolute Gasteiger partial charge is 0.254 e. The average Bonchev–Trinajstić information content (AvgIpc) is 1.59. The van der Waals surface area contributed by atoms with Crippen molar-refractivity contribution in [3.8, 4) is 28.6 Å². The SMILES string of the molecule is COc1ccc(N(c2ccc(CO)cc2)c2ccc3c(c2)c2cc(N(c4ccc(C)cc4)c4ccc(CO)cc4)ccc2n3Cc2ccc(-[n+]3ccn(-c4ccc(Cn5c6ccc(N(c7ccc(CO)cc7)c7ccc(OC)cc7)cc6c6cc(N(c7ccc(CO)cc7)c7ccc(OC)cc7)ccc65)cc4)c3)cc2)cc1. The van der Waals surface area contributed by atoms with Crippen molar-refractivity contribution in [2.75, 3.05) is 40.9 Å². The van der Waals surface area contributed by atoms with E-state index in [-0.39, 0.29) is 26.4 Å². The molecule has 0 radical (unpaired) electrons. The van der Waals surface area contributed by atoms with Gasteiger partial charge in [0.2, 0.25) is 0 Å². The number of imidazole rings is 1. The predicted octanol–water partition coefficient (Wildman–Crippen LogP) is 21.2. The summed E-state index contributed by atoms with van der Waals surface area (Å²) in [4.78, 5) is 9.00. The quantitative estimate of drug-likeness (QED) is 0.0407. The molecule has 0 bridgehead atoms. The van der Waals surface area contributed by atoms with Crippen molar-refractivity contribution in [2.45, 2.75) is 46.4 Å². The van der Waals surface area contributed by atoms with Crippen LogP contribution >= 0.6 is 0 Å². The van der Waals surface area contributed by atoms with Gasteiger partial charge >= 0.3 is 0 Å². The molecule has 0 aliphatic heterocycles. The number of hydrogen-bond acceptors (Lipinski definition) is 11. The molecule has 15 nitrogen and oxygen atoms in total. The lowest BCUT2D eigenvalue weighted by molar-refractivity contribution is -0.594. The summed E-state index contributed by atoms with van der Waals surface area (Å²) in [6, 6.07) is 110. The summed E-state index contributed by atoms with van der Waals surface area (Å²) in [7, 11) is 5.03. The Labute approximate surface area is 650 Å². The van der Waals surface area contributed by atoms with Gasteiger partial charge in [-0.15, -0.1) is 0 Å². The maximum atomic E-state index is 10.1. The third kappa shape index (κ3) is 14.1. The molecule has 0 unspecified atom stereocenters. The summed E-state index contributed by atoms with van der Waals surface area (Å²) >= 11 is 0. The first-order valence-corrected chi connectivity index (χ1v) is 37.4. The zero-order valence-corrected chi connectivity index (χ0v) is 62.6. The van der Waals surface area contributed by atoms with Gasteiger partial charge in [-0.25, -0.2) is 9.13 Å². The molecule has 0 amide bonds. The van der Waals surface area contributed by atoms with Gasteiger partial charge in [-0.1, -0.05) is 90.5 Å². The van der Waals surface area contributed by atoms with Crippen molar-refractivity contribution in [3.63, 3.8) is 0 Å². The molecule has 0 atom stereocenters. The first kappa shape index (κ1) is 71.3. The number of nitrogens with zero attached hydrogens (tertiary/aromatic N) is 8. The number of aliphatic hydroxyl groups excluding tert-OH is 4. The van der Waals surface area contributed by atoms with Gasteiger partial charge in [0.05, 0.1) is 47.8 Å². The van der Waals surface area contributed by atoms with Crippen molar-refractivity contribution >= 4 is 112 Å². The lowest BCUT2D eigenvalue weighted by atomic mass is 10.1. The molecule has 0 fully saturated rings. The van der Waals surface area contributed by atoms with Crippen LogP contribution in [0.2, 0.25) is 0 Å². The molecule has 0 aliphatic carbocycles. The standard InChI is InChI=1S/C97H83N8O7/c1-66-5-19-75(20-6-66)102(76-25-11-69(61-106)12-26-76)83-39-49-94-90(55-83)91-56-84(103(77-27-13-70(62-107)14-28-77)80-33-43-87(110-2)44-34-80)40-50-95(91)100(94)59-67-7-21-73(22-8-67)98-53-54-99(65-98)74-23-9-68(10-24-74)60-101-96-51-41-85(104(78-29-15-71(63-108)16-30-78)81-35-45-88(111-3)46-36-81)57-92(96)93-58-86(42-52-97(93)101)105(79-31-17-72(64-109)18-32-79)82-37-47-89(112-4)48-38-82/h5-58,65,106-109H,59-64H2,1-4H3/q+1. The third-order valence-electron chi connectivity index (χ3n) is 21.3. The third-order valence-corrected chi connectivity index (χ3v) is 21.3. The highest BCUT2D eigenvalue weighted by Gasteiger charge is 2.24. The lowest BCUT2D eigenvalue weighted by Gasteiger charge is -2.26. The number of rotatable bonds is 25. The number of ether oxygens (including phenoxy) is 3. The molecule has 17 rings (SSSR count). The molecule has 0 saturated heterocycles. The maximum absolute atomic E-state index is 10.1. The minimum Gasteiger partial charge on any atom is -0.497 e. The van der Waals surface area contributed by atoms with Crippen LogP contribution in [0.1, 0.15) is 38.9 Å². The first-order valence-electron chi connectivity index (χ1n) is 37.4. The van der Waals surface area contributed by atoms with Crippen LogP contribution in [0, 0.1) is 6.92 Å². The summed E-state index contributed by atoms with van der Waals surface area (Å²) in [6.45, 7) is 3.12. The maximum Gasteiger partial charge on any atom is 0.254 e. The highest BCUT2D eigenvalue weighted by molar-refractivity contribution is 6.12. The molecule has 3 heterocycles. The summed E-state index contributed by atoms with van der Waals surface area (Å²) < 4.78 is 26.0. The largest absolute Gasteiger partial charge is 0.497 e. The fraction of sp³-hybridized carbons (Fsp3) is 0.103. The fourth-order valence-electron chi connectivity index (χ4n) is 15.3. The van der Waals surface area contributed by atoms with Crippen LogP contribution < -0.4 is 38.4 Å². The lowest BCUT2D eigenvalue weighted by Crippen LogP contribution is -2.27. The first-order chi connectivity index (χ1) is 55.0. The molecule has 3 aromatic heterocycles. The van der Waals surface area contributed by atoms with Gasteiger partial charge in [0.1, 0.15) is 41.0 Å². The van der Waals surface area contributed by atoms with Crippen LogP contribution in [-0.4, -0.2) is 55.5 Å². The van der Waals surface area contributed by atoms with Crippen molar-refractivity contribution in [3.05, 3.63) is 373 Å². The second-order valence-corrected chi connectivity index (χ2v) is 28.1. The van der Waals surface area contributed by atoms with Crippen molar-refractivity contribution in [1.29, 1.82) is 0 Å². The number of anilines is 12. The molecule has 14 aromatic carbocycles. The molecular weight excluding hydrogens is 1390 g/mol. The summed E-state index contributed by atoms with van der Waals surface area (Å²) in [5, 5.41) is 44.6. The minimum absolute atomic E-state index is 0.0392. The zero-order chi connectivity index (χ0) is 76.3. The van der Waals surface area contributed by atoms with Gasteiger partial charge in [0.25, 0.3) is 6.33 Å². The minimum atomic E-state index is -0.0535. The Bertz CT molecular complexity index is 5860. The van der Waals surface area contributed by atoms with Gasteiger partial charge in [-0.05, 0) is 271 Å². The Kier molecular flexibility index (Phi) is 19.8. The highest BCUT2D eigenvalue weighted by atomic mass is 16.5. The summed E-state index contributed by atoms with van der Waals surface area (Å²) in [5.74, 6) is 2.29. The topological polar surface area (TPSA) is 140 Å². The van der Waals surface area contributed by atoms with Gasteiger partial charge < -0.3 is 63.4 Å². The number of benzene rings is 14. The van der Waals surface area contributed by atoms with Crippen LogP contribution in [0.5, 0.6) is 17.2 Å². The Morgan fingerprint density at radius 3 is 0.812 bits per heavy atom. The number of fused-ring (bicyclic) bond motifs is 6. The molecule has 0 spiro atoms. The molecule has 4 N–H and O–H groups in total. The van der Waals surface area contributed by atoms with Crippen LogP contribution in [0.15, 0.2) is 334 Å². The Balaban J connectivity index is 0.694. The van der Waals surface area contributed by atoms with Gasteiger partial charge in [0, 0.05) is 125 Å². The molecular formula is C97H83N8O7+. The van der Waals surface area contributed by atoms with Crippen LogP contribution in [0.3, 0.4) is 0 Å². The van der Waals surface area contributed by atoms with Crippen molar-refractivity contribution in [1.82, 2.24) is 13.7 Å². The Morgan fingerprint density at radius 2 is 0.536 bits per heavy atom. The molecule has 17 aromatic rings. The van der Waals surface area contributed by atoms with Crippen LogP contribution in [0.25, 0.3) is 55.0 Å². The van der Waals surface area contributed by atoms with Gasteiger partial charge in [-0.3, -0.25) is 0 Å². The Morgan fingerprint density at radius 1 is 0.286 bits per heavy atom. The summed E-state index contributed by atoms with van der Waals surface area (Å²) in [6.07, 6.45) is 6.32. The molecule has 552 valence electrons. The van der Waals surface area contributed by atoms with Crippen LogP contribution in [-0.2, 0) is 39.5 Å². The van der Waals surface area contributed by atoms with E-state index in [1.165, 1.54) is 5.56 Å². The van der Waals surface area contributed by atoms with Gasteiger partial charge in [-0.2, -0.15) is 0 Å². The Hall–Kier alpha value is -13.7. The van der Waals surface area contributed by atoms with E-state index < -0.39 is 0 Å². The monoisotopic (exact) mass is 1470 g/mol. The van der Waals surface area contributed by atoms with Crippen molar-refractivity contribution in [2.24, 2.45) is 0 Å². The normalized spacial score (nSPS) is 11.4. The van der Waals surface area contributed by atoms with E-state index in [2.05, 4.69) is 294 Å². The molecule has 15 heteroatoms. The van der Waals surface area contributed by atoms with E-state index >= 15 is 0 Å². The number of aryl methyl sites for hydroxylation is 1. The fourth-order valence-corrected chi connectivity index (χ4v) is 15.3.